The fourth-order valence-corrected chi connectivity index (χ4v) is 3.49. The van der Waals surface area contributed by atoms with E-state index in [0.29, 0.717) is 0 Å². The number of hydrogen-bond donors (Lipinski definition) is 6. The summed E-state index contributed by atoms with van der Waals surface area (Å²) in [6, 6.07) is 14.3. The van der Waals surface area contributed by atoms with Gasteiger partial charge < -0.3 is 30.6 Å². The normalized spacial score (nSPS) is 35.4. The minimum absolute atomic E-state index is 0.109. The van der Waals surface area contributed by atoms with E-state index < -0.39 is 47.2 Å². The van der Waals surface area contributed by atoms with E-state index in [9.17, 15) is 40.2 Å². The highest BCUT2D eigenvalue weighted by atomic mass is 16.4. The number of carbonyl (C=O) groups is 2. The number of hydrogen-bond acceptors (Lipinski definition) is 8. The lowest BCUT2D eigenvalue weighted by atomic mass is 9.63. The Hall–Kier alpha value is -2.46. The summed E-state index contributed by atoms with van der Waals surface area (Å²) in [6.45, 7) is 0. The lowest BCUT2D eigenvalue weighted by Crippen LogP contribution is -2.80. The zero-order chi connectivity index (χ0) is 20.7. The Labute approximate surface area is 159 Å². The highest BCUT2D eigenvalue weighted by Gasteiger charge is 2.69. The van der Waals surface area contributed by atoms with Gasteiger partial charge in [-0.2, -0.15) is 0 Å². The molecule has 6 N–H and O–H groups in total. The average molecular weight is 388 g/mol. The predicted octanol–water partition coefficient (Wildman–Crippen LogP) is -1.33. The van der Waals surface area contributed by atoms with Crippen molar-refractivity contribution in [3.63, 3.8) is 0 Å². The van der Waals surface area contributed by atoms with Crippen LogP contribution in [-0.4, -0.2) is 77.8 Å². The van der Waals surface area contributed by atoms with Crippen molar-refractivity contribution in [3.05, 3.63) is 71.8 Å². The molecule has 0 bridgehead atoms. The maximum atomic E-state index is 12.7. The Morgan fingerprint density at radius 3 is 1.07 bits per heavy atom. The molecule has 1 aliphatic rings. The summed E-state index contributed by atoms with van der Waals surface area (Å²) < 4.78 is 0. The van der Waals surface area contributed by atoms with Crippen molar-refractivity contribution >= 4 is 11.6 Å². The van der Waals surface area contributed by atoms with E-state index >= 15 is 0 Å². The van der Waals surface area contributed by atoms with Gasteiger partial charge in [-0.25, -0.2) is 0 Å². The number of aliphatic hydroxyl groups excluding tert-OH is 4. The lowest BCUT2D eigenvalue weighted by Gasteiger charge is -2.51. The van der Waals surface area contributed by atoms with E-state index in [1.54, 1.807) is 12.1 Å². The average Bonchev–Trinajstić information content (AvgIpc) is 2.75. The Morgan fingerprint density at radius 1 is 0.571 bits per heavy atom. The van der Waals surface area contributed by atoms with Gasteiger partial charge in [0.2, 0.25) is 0 Å². The molecule has 6 atom stereocenters. The van der Waals surface area contributed by atoms with Crippen molar-refractivity contribution in [2.75, 3.05) is 0 Å². The summed E-state index contributed by atoms with van der Waals surface area (Å²) in [4.78, 5) is 25.5. The molecule has 0 spiro atoms. The molecule has 1 saturated carbocycles. The summed E-state index contributed by atoms with van der Waals surface area (Å²) in [5.74, 6) is -2.36. The molecule has 0 radical (unpaired) electrons. The van der Waals surface area contributed by atoms with Crippen LogP contribution < -0.4 is 0 Å². The molecule has 3 rings (SSSR count). The number of carbonyl (C=O) groups excluding carboxylic acids is 2. The van der Waals surface area contributed by atoms with Crippen LogP contribution in [0.4, 0.5) is 0 Å². The zero-order valence-electron chi connectivity index (χ0n) is 14.6. The smallest absolute Gasteiger partial charge is 0.199 e. The molecule has 0 saturated heterocycles. The molecule has 8 heteroatoms. The summed E-state index contributed by atoms with van der Waals surface area (Å²) in [6.07, 6.45) is -9.85. The maximum Gasteiger partial charge on any atom is 0.199 e. The Bertz CT molecular complexity index is 777. The summed E-state index contributed by atoms with van der Waals surface area (Å²) in [7, 11) is 0. The molecule has 1 aliphatic carbocycles. The first-order valence-electron chi connectivity index (χ1n) is 8.53. The Balaban J connectivity index is 2.04. The third-order valence-electron chi connectivity index (χ3n) is 5.20. The molecular weight excluding hydrogens is 368 g/mol. The molecule has 0 aromatic heterocycles. The highest BCUT2D eigenvalue weighted by Crippen LogP contribution is 2.40. The SMILES string of the molecule is O=C(c1ccccc1)[C@]1(O)[C@@H](O)[C@@H](O)[C@@](O)(C(=O)c2ccccc2)[C@@H](O)[C@@H]1O. The highest BCUT2D eigenvalue weighted by molar-refractivity contribution is 6.06. The van der Waals surface area contributed by atoms with Crippen LogP contribution in [-0.2, 0) is 0 Å². The van der Waals surface area contributed by atoms with Crippen LogP contribution in [0.5, 0.6) is 0 Å². The standard InChI is InChI=1S/C20H20O8/c21-13(11-7-3-1-4-8-11)19(27)15(23)17(25)20(28,18(26)16(19)24)14(22)12-9-5-2-6-10-12/h1-10,15-18,23-28H/t15-,16-,17-,18+,19+,20+/m0/s1. The largest absolute Gasteiger partial charge is 0.387 e. The second-order valence-electron chi connectivity index (χ2n) is 6.82. The molecule has 0 aliphatic heterocycles. The van der Waals surface area contributed by atoms with E-state index in [1.807, 2.05) is 0 Å². The van der Waals surface area contributed by atoms with Crippen molar-refractivity contribution in [2.24, 2.45) is 0 Å². The van der Waals surface area contributed by atoms with Crippen molar-refractivity contribution in [2.45, 2.75) is 35.6 Å². The second kappa shape index (κ2) is 7.17. The van der Waals surface area contributed by atoms with Gasteiger partial charge in [-0.15, -0.1) is 0 Å². The van der Waals surface area contributed by atoms with Gasteiger partial charge in [0.15, 0.2) is 22.8 Å². The van der Waals surface area contributed by atoms with Crippen LogP contribution in [0.25, 0.3) is 0 Å². The van der Waals surface area contributed by atoms with Gasteiger partial charge in [-0.3, -0.25) is 9.59 Å². The number of Topliss-reactive ketones (excluding diaryl/α,β-unsaturated/α-hetero) is 2. The van der Waals surface area contributed by atoms with E-state index in [-0.39, 0.29) is 11.1 Å². The van der Waals surface area contributed by atoms with Crippen molar-refractivity contribution in [1.29, 1.82) is 0 Å². The van der Waals surface area contributed by atoms with E-state index in [1.165, 1.54) is 48.5 Å². The zero-order valence-corrected chi connectivity index (χ0v) is 14.6. The number of rotatable bonds is 4. The Morgan fingerprint density at radius 2 is 0.821 bits per heavy atom. The van der Waals surface area contributed by atoms with E-state index in [0.717, 1.165) is 0 Å². The molecule has 1 fully saturated rings. The van der Waals surface area contributed by atoms with Crippen LogP contribution >= 0.6 is 0 Å². The van der Waals surface area contributed by atoms with Crippen molar-refractivity contribution in [3.8, 4) is 0 Å². The number of aliphatic hydroxyl groups is 6. The van der Waals surface area contributed by atoms with Crippen molar-refractivity contribution in [1.82, 2.24) is 0 Å². The van der Waals surface area contributed by atoms with E-state index in [2.05, 4.69) is 0 Å². The first kappa shape index (κ1) is 20.3. The van der Waals surface area contributed by atoms with Crippen LogP contribution in [0.3, 0.4) is 0 Å². The first-order chi connectivity index (χ1) is 13.2. The topological polar surface area (TPSA) is 156 Å². The van der Waals surface area contributed by atoms with Gasteiger partial charge in [-0.05, 0) is 0 Å². The summed E-state index contributed by atoms with van der Waals surface area (Å²) in [5.41, 5.74) is -6.32. The van der Waals surface area contributed by atoms with Crippen LogP contribution in [0.15, 0.2) is 60.7 Å². The quantitative estimate of drug-likeness (QED) is 0.352. The molecule has 0 unspecified atom stereocenters. The maximum absolute atomic E-state index is 12.7. The van der Waals surface area contributed by atoms with Crippen LogP contribution in [0.2, 0.25) is 0 Å². The molecule has 148 valence electrons. The van der Waals surface area contributed by atoms with Gasteiger partial charge in [0, 0.05) is 11.1 Å². The van der Waals surface area contributed by atoms with Crippen molar-refractivity contribution < 1.29 is 40.2 Å². The molecule has 0 amide bonds. The van der Waals surface area contributed by atoms with Gasteiger partial charge in [0.1, 0.15) is 24.4 Å². The van der Waals surface area contributed by atoms with Gasteiger partial charge in [0.05, 0.1) is 0 Å². The second-order valence-corrected chi connectivity index (χ2v) is 6.82. The summed E-state index contributed by atoms with van der Waals surface area (Å²) >= 11 is 0. The Kier molecular flexibility index (Phi) is 5.20. The van der Waals surface area contributed by atoms with E-state index in [4.69, 9.17) is 0 Å². The fraction of sp³-hybridized carbons (Fsp3) is 0.300. The predicted molar refractivity (Wildman–Crippen MR) is 95.5 cm³/mol. The molecule has 2 aromatic carbocycles. The molecular formula is C20H20O8. The van der Waals surface area contributed by atoms with Gasteiger partial charge in [0.25, 0.3) is 0 Å². The summed E-state index contributed by atoms with van der Waals surface area (Å²) in [5, 5.41) is 63.3. The third kappa shape index (κ3) is 2.78. The molecule has 0 heterocycles. The van der Waals surface area contributed by atoms with Crippen LogP contribution in [0.1, 0.15) is 20.7 Å². The number of benzene rings is 2. The van der Waals surface area contributed by atoms with Gasteiger partial charge >= 0.3 is 0 Å². The molecule has 2 aromatic rings. The molecule has 8 nitrogen and oxygen atoms in total. The lowest BCUT2D eigenvalue weighted by molar-refractivity contribution is -0.270. The number of ketones is 2. The van der Waals surface area contributed by atoms with Crippen LogP contribution in [0, 0.1) is 0 Å². The minimum atomic E-state index is -3.05. The molecule has 28 heavy (non-hydrogen) atoms. The monoisotopic (exact) mass is 388 g/mol. The first-order valence-corrected chi connectivity index (χ1v) is 8.53. The van der Waals surface area contributed by atoms with Gasteiger partial charge in [-0.1, -0.05) is 60.7 Å². The third-order valence-corrected chi connectivity index (χ3v) is 5.20. The minimum Gasteiger partial charge on any atom is -0.387 e. The fourth-order valence-electron chi connectivity index (χ4n) is 3.49.